The summed E-state index contributed by atoms with van der Waals surface area (Å²) in [7, 11) is -3.82. The lowest BCUT2D eigenvalue weighted by Gasteiger charge is -2.31. The fourth-order valence-electron chi connectivity index (χ4n) is 3.74. The lowest BCUT2D eigenvalue weighted by molar-refractivity contribution is -0.126. The number of hydrogen-bond donors (Lipinski definition) is 1. The van der Waals surface area contributed by atoms with Crippen molar-refractivity contribution in [2.24, 2.45) is 5.92 Å². The summed E-state index contributed by atoms with van der Waals surface area (Å²) in [5.41, 5.74) is 1.92. The van der Waals surface area contributed by atoms with Crippen molar-refractivity contribution >= 4 is 39.1 Å². The number of aromatic nitrogens is 2. The third-order valence-corrected chi connectivity index (χ3v) is 8.37. The lowest BCUT2D eigenvalue weighted by Crippen LogP contribution is -2.43. The Morgan fingerprint density at radius 2 is 1.69 bits per heavy atom. The molecule has 0 aliphatic carbocycles. The van der Waals surface area contributed by atoms with Gasteiger partial charge < -0.3 is 5.32 Å². The molecule has 2 aromatic carbocycles. The maximum atomic E-state index is 13.0. The quantitative estimate of drug-likeness (QED) is 0.565. The Bertz CT molecular complexity index is 1170. The van der Waals surface area contributed by atoms with Gasteiger partial charge >= 0.3 is 0 Å². The van der Waals surface area contributed by atoms with E-state index >= 15 is 0 Å². The molecule has 0 saturated carbocycles. The maximum absolute atomic E-state index is 13.0. The summed E-state index contributed by atoms with van der Waals surface area (Å²) in [6.45, 7) is 0.882. The number of amides is 1. The number of nitrogens with zero attached hydrogens (tertiary/aromatic N) is 3. The van der Waals surface area contributed by atoms with Crippen LogP contribution in [-0.2, 0) is 21.4 Å². The zero-order valence-electron chi connectivity index (χ0n) is 17.1. The standard InChI is InChI=1S/C22H22Cl2N4O3S/c23-19-3-1-4-20(24)21(19)32(30,31)27-13-9-17(10-14-27)22(29)25-15-16-5-7-18(8-6-16)28-12-2-11-26-28/h1-8,11-12,17H,9-10,13-15H2,(H,25,29). The van der Waals surface area contributed by atoms with E-state index in [0.29, 0.717) is 19.4 Å². The van der Waals surface area contributed by atoms with Crippen molar-refractivity contribution in [3.05, 3.63) is 76.5 Å². The minimum atomic E-state index is -3.82. The van der Waals surface area contributed by atoms with E-state index in [-0.39, 0.29) is 39.9 Å². The van der Waals surface area contributed by atoms with Gasteiger partial charge in [0.1, 0.15) is 4.90 Å². The van der Waals surface area contributed by atoms with E-state index in [1.165, 1.54) is 16.4 Å². The molecular formula is C22H22Cl2N4O3S. The van der Waals surface area contributed by atoms with Crippen LogP contribution >= 0.6 is 23.2 Å². The van der Waals surface area contributed by atoms with Crippen LogP contribution < -0.4 is 5.32 Å². The van der Waals surface area contributed by atoms with Gasteiger partial charge in [-0.3, -0.25) is 4.79 Å². The summed E-state index contributed by atoms with van der Waals surface area (Å²) in [4.78, 5) is 12.5. The zero-order valence-corrected chi connectivity index (χ0v) is 19.4. The molecule has 1 amide bonds. The SMILES string of the molecule is O=C(NCc1ccc(-n2cccn2)cc1)C1CCN(S(=O)(=O)c2c(Cl)cccc2Cl)CC1. The molecule has 0 radical (unpaired) electrons. The minimum Gasteiger partial charge on any atom is -0.352 e. The number of nitrogens with one attached hydrogen (secondary N) is 1. The highest BCUT2D eigenvalue weighted by Crippen LogP contribution is 2.33. The Morgan fingerprint density at radius 1 is 1.03 bits per heavy atom. The summed E-state index contributed by atoms with van der Waals surface area (Å²) in [5, 5.41) is 7.33. The van der Waals surface area contributed by atoms with Crippen LogP contribution in [0.2, 0.25) is 10.0 Å². The Labute approximate surface area is 197 Å². The van der Waals surface area contributed by atoms with Crippen molar-refractivity contribution in [2.75, 3.05) is 13.1 Å². The van der Waals surface area contributed by atoms with Gasteiger partial charge in [0, 0.05) is 37.9 Å². The van der Waals surface area contributed by atoms with E-state index in [2.05, 4.69) is 10.4 Å². The first-order valence-corrected chi connectivity index (χ1v) is 12.4. The van der Waals surface area contributed by atoms with Gasteiger partial charge in [-0.15, -0.1) is 0 Å². The molecule has 1 aliphatic heterocycles. The predicted octanol–water partition coefficient (Wildman–Crippen LogP) is 3.90. The van der Waals surface area contributed by atoms with Crippen molar-refractivity contribution in [2.45, 2.75) is 24.3 Å². The molecular weight excluding hydrogens is 471 g/mol. The molecule has 1 aliphatic rings. The van der Waals surface area contributed by atoms with Gasteiger partial charge in [-0.05, 0) is 48.7 Å². The molecule has 7 nitrogen and oxygen atoms in total. The highest BCUT2D eigenvalue weighted by atomic mass is 35.5. The molecule has 32 heavy (non-hydrogen) atoms. The second kappa shape index (κ2) is 9.62. The molecule has 0 unspecified atom stereocenters. The highest BCUT2D eigenvalue weighted by molar-refractivity contribution is 7.89. The molecule has 1 saturated heterocycles. The summed E-state index contributed by atoms with van der Waals surface area (Å²) in [5.74, 6) is -0.319. The Kier molecular flexibility index (Phi) is 6.85. The van der Waals surface area contributed by atoms with E-state index in [1.807, 2.05) is 36.5 Å². The monoisotopic (exact) mass is 492 g/mol. The van der Waals surface area contributed by atoms with Gasteiger partial charge in [0.2, 0.25) is 15.9 Å². The average Bonchev–Trinajstić information content (AvgIpc) is 3.33. The minimum absolute atomic E-state index is 0.0750. The normalized spacial score (nSPS) is 15.6. The molecule has 3 aromatic rings. The Hall–Kier alpha value is -2.39. The van der Waals surface area contributed by atoms with Gasteiger partial charge in [0.05, 0.1) is 15.7 Å². The van der Waals surface area contributed by atoms with Crippen molar-refractivity contribution in [3.8, 4) is 5.69 Å². The first kappa shape index (κ1) is 22.8. The van der Waals surface area contributed by atoms with Crippen LogP contribution in [0.25, 0.3) is 5.69 Å². The number of benzene rings is 2. The zero-order chi connectivity index (χ0) is 22.7. The van der Waals surface area contributed by atoms with Crippen LogP contribution in [-0.4, -0.2) is 41.5 Å². The van der Waals surface area contributed by atoms with Crippen LogP contribution in [0.4, 0.5) is 0 Å². The first-order chi connectivity index (χ1) is 15.4. The molecule has 168 valence electrons. The molecule has 0 bridgehead atoms. The number of rotatable bonds is 6. The van der Waals surface area contributed by atoms with E-state index in [4.69, 9.17) is 23.2 Å². The highest BCUT2D eigenvalue weighted by Gasteiger charge is 2.34. The molecule has 10 heteroatoms. The van der Waals surface area contributed by atoms with Crippen molar-refractivity contribution in [1.82, 2.24) is 19.4 Å². The molecule has 1 N–H and O–H groups in total. The number of carbonyl (C=O) groups excluding carboxylic acids is 1. The van der Waals surface area contributed by atoms with Crippen LogP contribution in [0.15, 0.2) is 65.8 Å². The number of hydrogen-bond acceptors (Lipinski definition) is 4. The average molecular weight is 493 g/mol. The van der Waals surface area contributed by atoms with Crippen molar-refractivity contribution < 1.29 is 13.2 Å². The van der Waals surface area contributed by atoms with Crippen LogP contribution in [0.1, 0.15) is 18.4 Å². The van der Waals surface area contributed by atoms with Crippen LogP contribution in [0.3, 0.4) is 0 Å². The third-order valence-electron chi connectivity index (χ3n) is 5.51. The van der Waals surface area contributed by atoms with E-state index in [9.17, 15) is 13.2 Å². The van der Waals surface area contributed by atoms with Crippen molar-refractivity contribution in [3.63, 3.8) is 0 Å². The van der Waals surface area contributed by atoms with E-state index < -0.39 is 10.0 Å². The summed E-state index contributed by atoms with van der Waals surface area (Å²) < 4.78 is 29.1. The van der Waals surface area contributed by atoms with Gasteiger partial charge in [-0.2, -0.15) is 9.40 Å². The Morgan fingerprint density at radius 3 is 2.28 bits per heavy atom. The largest absolute Gasteiger partial charge is 0.352 e. The molecule has 2 heterocycles. The number of piperidine rings is 1. The fraction of sp³-hybridized carbons (Fsp3) is 0.273. The fourth-order valence-corrected chi connectivity index (χ4v) is 6.30. The van der Waals surface area contributed by atoms with Gasteiger partial charge in [-0.1, -0.05) is 41.4 Å². The second-order valence-corrected chi connectivity index (χ2v) is 10.3. The van der Waals surface area contributed by atoms with E-state index in [1.54, 1.807) is 16.9 Å². The van der Waals surface area contributed by atoms with Gasteiger partial charge in [0.25, 0.3) is 0 Å². The molecule has 1 fully saturated rings. The topological polar surface area (TPSA) is 84.3 Å². The summed E-state index contributed by atoms with van der Waals surface area (Å²) in [6.07, 6.45) is 4.45. The lowest BCUT2D eigenvalue weighted by atomic mass is 9.97. The second-order valence-electron chi connectivity index (χ2n) is 7.56. The van der Waals surface area contributed by atoms with Crippen molar-refractivity contribution in [1.29, 1.82) is 0 Å². The molecule has 0 atom stereocenters. The van der Waals surface area contributed by atoms with Crippen LogP contribution in [0.5, 0.6) is 0 Å². The van der Waals surface area contributed by atoms with Gasteiger partial charge in [-0.25, -0.2) is 13.1 Å². The number of sulfonamides is 1. The molecule has 1 aromatic heterocycles. The van der Waals surface area contributed by atoms with Gasteiger partial charge in [0.15, 0.2) is 0 Å². The van der Waals surface area contributed by atoms with Crippen LogP contribution in [0, 0.1) is 5.92 Å². The number of carbonyl (C=O) groups is 1. The smallest absolute Gasteiger partial charge is 0.246 e. The third kappa shape index (κ3) is 4.83. The number of halogens is 2. The van der Waals surface area contributed by atoms with E-state index in [0.717, 1.165) is 11.3 Å². The summed E-state index contributed by atoms with van der Waals surface area (Å²) >= 11 is 12.2. The predicted molar refractivity (Wildman–Crippen MR) is 123 cm³/mol. The molecule has 0 spiro atoms. The Balaban J connectivity index is 1.32. The maximum Gasteiger partial charge on any atom is 0.246 e. The first-order valence-electron chi connectivity index (χ1n) is 10.2. The summed E-state index contributed by atoms with van der Waals surface area (Å²) in [6, 6.07) is 14.2. The molecule has 4 rings (SSSR count).